The molecular formula is C25H25N5O. The lowest BCUT2D eigenvalue weighted by Crippen LogP contribution is -2.13. The van der Waals surface area contributed by atoms with Crippen LogP contribution in [-0.4, -0.2) is 20.5 Å². The van der Waals surface area contributed by atoms with Crippen molar-refractivity contribution in [2.45, 2.75) is 33.2 Å². The number of benzene rings is 2. The predicted molar refractivity (Wildman–Crippen MR) is 123 cm³/mol. The molecule has 2 heterocycles. The molecule has 2 aromatic carbocycles. The number of nitrogens with one attached hydrogen (secondary N) is 2. The average Bonchev–Trinajstić information content (AvgIpc) is 3.56. The number of carbonyl (C=O) groups is 1. The fourth-order valence-corrected chi connectivity index (χ4v) is 3.74. The first-order valence-electron chi connectivity index (χ1n) is 10.6. The maximum Gasteiger partial charge on any atom is 0.227 e. The largest absolute Gasteiger partial charge is 0.366 e. The zero-order chi connectivity index (χ0) is 21.4. The van der Waals surface area contributed by atoms with Gasteiger partial charge in [0.1, 0.15) is 5.82 Å². The molecule has 0 saturated heterocycles. The molecule has 6 nitrogen and oxygen atoms in total. The van der Waals surface area contributed by atoms with Gasteiger partial charge < -0.3 is 10.6 Å². The van der Waals surface area contributed by atoms with Crippen LogP contribution in [0.2, 0.25) is 0 Å². The normalized spacial score (nSPS) is 13.4. The standard InChI is InChI=1S/C25H25N5O/c1-16-6-3-4-9-21(16)22-13-23(30-24(29-22)17(2)14-27-30)26-15-18-7-5-8-20(12-18)28-25(31)19-10-11-19/h3-9,12-14,19,26H,10-11,15H2,1-2H3,(H,28,31). The van der Waals surface area contributed by atoms with Crippen molar-refractivity contribution in [1.29, 1.82) is 0 Å². The Morgan fingerprint density at radius 1 is 1.06 bits per heavy atom. The maximum absolute atomic E-state index is 12.1. The van der Waals surface area contributed by atoms with Crippen molar-refractivity contribution >= 4 is 23.1 Å². The second-order valence-electron chi connectivity index (χ2n) is 8.22. The Balaban J connectivity index is 1.43. The Morgan fingerprint density at radius 3 is 2.71 bits per heavy atom. The number of aromatic nitrogens is 3. The van der Waals surface area contributed by atoms with Gasteiger partial charge in [-0.25, -0.2) is 4.98 Å². The van der Waals surface area contributed by atoms with Gasteiger partial charge in [-0.2, -0.15) is 9.61 Å². The van der Waals surface area contributed by atoms with E-state index in [9.17, 15) is 4.79 Å². The van der Waals surface area contributed by atoms with E-state index in [0.717, 1.165) is 52.4 Å². The Kier molecular flexibility index (Phi) is 4.90. The number of aryl methyl sites for hydroxylation is 2. The highest BCUT2D eigenvalue weighted by molar-refractivity contribution is 5.94. The molecule has 1 amide bonds. The van der Waals surface area contributed by atoms with Gasteiger partial charge >= 0.3 is 0 Å². The van der Waals surface area contributed by atoms with Gasteiger partial charge in [-0.15, -0.1) is 0 Å². The number of fused-ring (bicyclic) bond motifs is 1. The molecule has 0 aliphatic heterocycles. The van der Waals surface area contributed by atoms with Crippen LogP contribution in [0.15, 0.2) is 60.8 Å². The Morgan fingerprint density at radius 2 is 1.90 bits per heavy atom. The minimum atomic E-state index is 0.121. The van der Waals surface area contributed by atoms with Crippen molar-refractivity contribution in [3.05, 3.63) is 77.5 Å². The lowest BCUT2D eigenvalue weighted by Gasteiger charge is -2.13. The van der Waals surface area contributed by atoms with E-state index >= 15 is 0 Å². The molecule has 2 N–H and O–H groups in total. The number of anilines is 2. The van der Waals surface area contributed by atoms with Gasteiger partial charge in [0.15, 0.2) is 5.65 Å². The quantitative estimate of drug-likeness (QED) is 0.470. The minimum absolute atomic E-state index is 0.121. The van der Waals surface area contributed by atoms with Crippen LogP contribution >= 0.6 is 0 Å². The Labute approximate surface area is 181 Å². The number of rotatable bonds is 6. The number of nitrogens with zero attached hydrogens (tertiary/aromatic N) is 3. The summed E-state index contributed by atoms with van der Waals surface area (Å²) in [5.74, 6) is 1.19. The van der Waals surface area contributed by atoms with Gasteiger partial charge in [0.25, 0.3) is 0 Å². The second-order valence-corrected chi connectivity index (χ2v) is 8.22. The molecule has 1 aliphatic carbocycles. The lowest BCUT2D eigenvalue weighted by molar-refractivity contribution is -0.117. The van der Waals surface area contributed by atoms with Gasteiger partial charge in [0.05, 0.1) is 11.9 Å². The van der Waals surface area contributed by atoms with E-state index < -0.39 is 0 Å². The van der Waals surface area contributed by atoms with Gasteiger partial charge in [0.2, 0.25) is 5.91 Å². The number of hydrogen-bond acceptors (Lipinski definition) is 4. The highest BCUT2D eigenvalue weighted by Crippen LogP contribution is 2.30. The Hall–Kier alpha value is -3.67. The van der Waals surface area contributed by atoms with E-state index in [1.165, 1.54) is 5.56 Å². The van der Waals surface area contributed by atoms with Crippen LogP contribution in [0.4, 0.5) is 11.5 Å². The average molecular weight is 412 g/mol. The fourth-order valence-electron chi connectivity index (χ4n) is 3.74. The first kappa shape index (κ1) is 19.3. The molecule has 31 heavy (non-hydrogen) atoms. The smallest absolute Gasteiger partial charge is 0.227 e. The van der Waals surface area contributed by atoms with Crippen molar-refractivity contribution in [2.24, 2.45) is 5.92 Å². The van der Waals surface area contributed by atoms with Crippen LogP contribution in [0.5, 0.6) is 0 Å². The molecule has 6 heteroatoms. The molecule has 0 unspecified atom stereocenters. The molecular weight excluding hydrogens is 386 g/mol. The van der Waals surface area contributed by atoms with Crippen LogP contribution in [0, 0.1) is 19.8 Å². The summed E-state index contributed by atoms with van der Waals surface area (Å²) in [6.45, 7) is 4.73. The fraction of sp³-hybridized carbons (Fsp3) is 0.240. The molecule has 1 aliphatic rings. The summed E-state index contributed by atoms with van der Waals surface area (Å²) < 4.78 is 1.84. The molecule has 4 aromatic rings. The minimum Gasteiger partial charge on any atom is -0.366 e. The summed E-state index contributed by atoms with van der Waals surface area (Å²) >= 11 is 0. The molecule has 0 bridgehead atoms. The summed E-state index contributed by atoms with van der Waals surface area (Å²) in [6.07, 6.45) is 3.83. The summed E-state index contributed by atoms with van der Waals surface area (Å²) in [4.78, 5) is 16.9. The van der Waals surface area contributed by atoms with Crippen molar-refractivity contribution in [3.8, 4) is 11.3 Å². The molecule has 0 radical (unpaired) electrons. The number of amides is 1. The van der Waals surface area contributed by atoms with Crippen LogP contribution in [0.25, 0.3) is 16.9 Å². The maximum atomic E-state index is 12.1. The van der Waals surface area contributed by atoms with Crippen molar-refractivity contribution < 1.29 is 4.79 Å². The van der Waals surface area contributed by atoms with Crippen molar-refractivity contribution in [3.63, 3.8) is 0 Å². The van der Waals surface area contributed by atoms with Crippen LogP contribution < -0.4 is 10.6 Å². The van der Waals surface area contributed by atoms with Gasteiger partial charge in [0, 0.05) is 35.3 Å². The highest BCUT2D eigenvalue weighted by Gasteiger charge is 2.29. The van der Waals surface area contributed by atoms with Gasteiger partial charge in [-0.05, 0) is 49.9 Å². The summed E-state index contributed by atoms with van der Waals surface area (Å²) in [6, 6.07) is 18.3. The highest BCUT2D eigenvalue weighted by atomic mass is 16.2. The third kappa shape index (κ3) is 4.01. The first-order chi connectivity index (χ1) is 15.1. The van der Waals surface area contributed by atoms with Crippen LogP contribution in [0.1, 0.15) is 29.5 Å². The van der Waals surface area contributed by atoms with Crippen LogP contribution in [-0.2, 0) is 11.3 Å². The van der Waals surface area contributed by atoms with E-state index in [0.29, 0.717) is 6.54 Å². The molecule has 1 saturated carbocycles. The summed E-state index contributed by atoms with van der Waals surface area (Å²) in [5, 5.41) is 11.0. The molecule has 0 spiro atoms. The number of carbonyl (C=O) groups excluding carboxylic acids is 1. The lowest BCUT2D eigenvalue weighted by atomic mass is 10.1. The molecule has 0 atom stereocenters. The summed E-state index contributed by atoms with van der Waals surface area (Å²) in [5.41, 5.74) is 7.01. The zero-order valence-corrected chi connectivity index (χ0v) is 17.7. The van der Waals surface area contributed by atoms with E-state index in [-0.39, 0.29) is 11.8 Å². The van der Waals surface area contributed by atoms with E-state index in [1.807, 2.05) is 54.0 Å². The predicted octanol–water partition coefficient (Wildman–Crippen LogP) is 4.97. The van der Waals surface area contributed by atoms with Gasteiger partial charge in [-0.1, -0.05) is 36.4 Å². The molecule has 1 fully saturated rings. The van der Waals surface area contributed by atoms with Gasteiger partial charge in [-0.3, -0.25) is 4.79 Å². The third-order valence-electron chi connectivity index (χ3n) is 5.69. The third-order valence-corrected chi connectivity index (χ3v) is 5.69. The zero-order valence-electron chi connectivity index (χ0n) is 17.7. The van der Waals surface area contributed by atoms with E-state index in [2.05, 4.69) is 40.9 Å². The van der Waals surface area contributed by atoms with E-state index in [4.69, 9.17) is 4.98 Å². The summed E-state index contributed by atoms with van der Waals surface area (Å²) in [7, 11) is 0. The molecule has 2 aromatic heterocycles. The van der Waals surface area contributed by atoms with Crippen molar-refractivity contribution in [2.75, 3.05) is 10.6 Å². The SMILES string of the molecule is Cc1ccccc1-c1cc(NCc2cccc(NC(=O)C3CC3)c2)n2ncc(C)c2n1. The van der Waals surface area contributed by atoms with Crippen LogP contribution in [0.3, 0.4) is 0 Å². The number of hydrogen-bond donors (Lipinski definition) is 2. The second kappa shape index (κ2) is 7.87. The monoisotopic (exact) mass is 411 g/mol. The topological polar surface area (TPSA) is 71.3 Å². The van der Waals surface area contributed by atoms with E-state index in [1.54, 1.807) is 0 Å². The molecule has 156 valence electrons. The molecule has 5 rings (SSSR count). The Bertz CT molecular complexity index is 1270. The first-order valence-corrected chi connectivity index (χ1v) is 10.6. The van der Waals surface area contributed by atoms with Crippen molar-refractivity contribution in [1.82, 2.24) is 14.6 Å².